The fraction of sp³-hybridized carbons (Fsp3) is 0. The number of pyridine rings is 1. The van der Waals surface area contributed by atoms with Crippen molar-refractivity contribution in [1.82, 2.24) is 4.98 Å². The topological polar surface area (TPSA) is 59.4 Å². The molecule has 3 aromatic rings. The van der Waals surface area contributed by atoms with E-state index in [1.165, 1.54) is 0 Å². The number of carbonyl (C=O) groups is 1. The van der Waals surface area contributed by atoms with Gasteiger partial charge in [0.25, 0.3) is 0 Å². The number of ether oxygens (including phenoxy) is 1. The molecule has 100 valence electrons. The van der Waals surface area contributed by atoms with E-state index in [0.717, 1.165) is 21.4 Å². The molecule has 0 amide bonds. The number of nitrogens with zero attached hydrogens (tertiary/aromatic N) is 1. The first-order chi connectivity index (χ1) is 9.63. The zero-order chi connectivity index (χ0) is 14.1. The summed E-state index contributed by atoms with van der Waals surface area (Å²) in [7, 11) is 0. The number of halogens is 1. The molecule has 0 aliphatic carbocycles. The lowest BCUT2D eigenvalue weighted by molar-refractivity contribution is 0.0702. The van der Waals surface area contributed by atoms with Crippen molar-refractivity contribution in [2.45, 2.75) is 0 Å². The van der Waals surface area contributed by atoms with Gasteiger partial charge in [-0.25, -0.2) is 4.79 Å². The van der Waals surface area contributed by atoms with Crippen LogP contribution in [0.3, 0.4) is 0 Å². The van der Waals surface area contributed by atoms with Crippen LogP contribution in [0.2, 0.25) is 5.02 Å². The van der Waals surface area contributed by atoms with Crippen molar-refractivity contribution >= 4 is 39.0 Å². The average Bonchev–Trinajstić information content (AvgIpc) is 2.87. The van der Waals surface area contributed by atoms with E-state index in [1.54, 1.807) is 42.7 Å². The van der Waals surface area contributed by atoms with Crippen molar-refractivity contribution in [2.75, 3.05) is 0 Å². The molecule has 6 heteroatoms. The van der Waals surface area contributed by atoms with Crippen LogP contribution in [0.15, 0.2) is 42.7 Å². The second-order valence-electron chi connectivity index (χ2n) is 4.03. The molecule has 1 N–H and O–H groups in total. The molecule has 0 saturated carbocycles. The number of hydrogen-bond donors (Lipinski definition) is 1. The van der Waals surface area contributed by atoms with Crippen molar-refractivity contribution in [3.63, 3.8) is 0 Å². The van der Waals surface area contributed by atoms with Crippen LogP contribution in [0.1, 0.15) is 9.67 Å². The molecule has 2 heterocycles. The minimum Gasteiger partial charge on any atom is -0.477 e. The molecule has 1 aromatic carbocycles. The third-order valence-electron chi connectivity index (χ3n) is 2.64. The Bertz CT molecular complexity index is 783. The molecule has 0 bridgehead atoms. The molecule has 0 spiro atoms. The number of thiophene rings is 1. The molecule has 0 unspecified atom stereocenters. The van der Waals surface area contributed by atoms with E-state index >= 15 is 0 Å². The normalized spacial score (nSPS) is 10.7. The number of rotatable bonds is 3. The third kappa shape index (κ3) is 2.45. The van der Waals surface area contributed by atoms with E-state index in [2.05, 4.69) is 4.98 Å². The number of hydrogen-bond acceptors (Lipinski definition) is 4. The van der Waals surface area contributed by atoms with Crippen LogP contribution in [0.25, 0.3) is 10.1 Å². The summed E-state index contributed by atoms with van der Waals surface area (Å²) in [6.07, 6.45) is 3.19. The third-order valence-corrected chi connectivity index (χ3v) is 4.05. The molecular weight excluding hydrogens is 298 g/mol. The molecule has 3 rings (SSSR count). The highest BCUT2D eigenvalue weighted by atomic mass is 35.5. The zero-order valence-electron chi connectivity index (χ0n) is 10.0. The molecule has 0 radical (unpaired) electrons. The largest absolute Gasteiger partial charge is 0.477 e. The summed E-state index contributed by atoms with van der Waals surface area (Å²) in [6.45, 7) is 0. The maximum Gasteiger partial charge on any atom is 0.345 e. The second-order valence-corrected chi connectivity index (χ2v) is 5.52. The predicted octanol–water partition coefficient (Wildman–Crippen LogP) is 4.44. The van der Waals surface area contributed by atoms with Gasteiger partial charge in [-0.1, -0.05) is 11.6 Å². The number of benzene rings is 1. The summed E-state index contributed by atoms with van der Waals surface area (Å²) in [4.78, 5) is 15.3. The minimum atomic E-state index is -0.955. The Labute approximate surface area is 123 Å². The first-order valence-corrected chi connectivity index (χ1v) is 6.87. The van der Waals surface area contributed by atoms with Gasteiger partial charge in [-0.15, -0.1) is 11.3 Å². The van der Waals surface area contributed by atoms with Gasteiger partial charge in [0.15, 0.2) is 5.75 Å². The first kappa shape index (κ1) is 12.9. The molecule has 0 fully saturated rings. The van der Waals surface area contributed by atoms with Crippen LogP contribution >= 0.6 is 22.9 Å². The fourth-order valence-electron chi connectivity index (χ4n) is 1.75. The zero-order valence-corrected chi connectivity index (χ0v) is 11.6. The van der Waals surface area contributed by atoms with Gasteiger partial charge in [0.1, 0.15) is 10.6 Å². The van der Waals surface area contributed by atoms with Gasteiger partial charge in [0.2, 0.25) is 0 Å². The predicted molar refractivity (Wildman–Crippen MR) is 78.1 cm³/mol. The Morgan fingerprint density at radius 3 is 2.70 bits per heavy atom. The highest BCUT2D eigenvalue weighted by Gasteiger charge is 2.12. The Hall–Kier alpha value is -2.11. The van der Waals surface area contributed by atoms with Gasteiger partial charge in [0, 0.05) is 16.6 Å². The summed E-state index contributed by atoms with van der Waals surface area (Å²) >= 11 is 6.98. The van der Waals surface area contributed by atoms with Crippen LogP contribution in [-0.4, -0.2) is 16.1 Å². The van der Waals surface area contributed by atoms with E-state index in [9.17, 15) is 4.79 Å². The lowest BCUT2D eigenvalue weighted by Gasteiger charge is -2.05. The quantitative estimate of drug-likeness (QED) is 0.777. The van der Waals surface area contributed by atoms with Gasteiger partial charge >= 0.3 is 5.97 Å². The van der Waals surface area contributed by atoms with Crippen molar-refractivity contribution in [2.24, 2.45) is 0 Å². The molecule has 0 saturated heterocycles. The molecular formula is C14H8ClNO3S. The fourth-order valence-corrected chi connectivity index (χ4v) is 2.79. The van der Waals surface area contributed by atoms with Crippen molar-refractivity contribution in [1.29, 1.82) is 0 Å². The van der Waals surface area contributed by atoms with Crippen LogP contribution in [-0.2, 0) is 0 Å². The van der Waals surface area contributed by atoms with Gasteiger partial charge in [-0.2, -0.15) is 0 Å². The van der Waals surface area contributed by atoms with E-state index in [1.807, 2.05) is 0 Å². The van der Waals surface area contributed by atoms with Crippen LogP contribution < -0.4 is 4.74 Å². The van der Waals surface area contributed by atoms with Crippen molar-refractivity contribution in [3.05, 3.63) is 52.6 Å². The lowest BCUT2D eigenvalue weighted by Crippen LogP contribution is -1.89. The summed E-state index contributed by atoms with van der Waals surface area (Å²) in [5, 5.41) is 10.4. The highest BCUT2D eigenvalue weighted by molar-refractivity contribution is 7.21. The van der Waals surface area contributed by atoms with Gasteiger partial charge in [-0.05, 0) is 30.3 Å². The summed E-state index contributed by atoms with van der Waals surface area (Å²) in [5.41, 5.74) is 0. The SMILES string of the molecule is O=C(O)c1cc2cncc(Oc3ccc(Cl)cc3)c2s1. The Kier molecular flexibility index (Phi) is 3.30. The molecule has 0 atom stereocenters. The summed E-state index contributed by atoms with van der Waals surface area (Å²) in [5.74, 6) is 0.194. The van der Waals surface area contributed by atoms with Gasteiger partial charge < -0.3 is 9.84 Å². The van der Waals surface area contributed by atoms with Crippen molar-refractivity contribution < 1.29 is 14.6 Å². The number of carboxylic acid groups (broad SMARTS) is 1. The van der Waals surface area contributed by atoms with Crippen LogP contribution in [0.4, 0.5) is 0 Å². The van der Waals surface area contributed by atoms with Gasteiger partial charge in [0.05, 0.1) is 10.9 Å². The Balaban J connectivity index is 2.02. The van der Waals surface area contributed by atoms with Crippen molar-refractivity contribution in [3.8, 4) is 11.5 Å². The molecule has 2 aromatic heterocycles. The molecule has 0 aliphatic rings. The highest BCUT2D eigenvalue weighted by Crippen LogP contribution is 2.35. The lowest BCUT2D eigenvalue weighted by atomic mass is 10.3. The molecule has 4 nitrogen and oxygen atoms in total. The Morgan fingerprint density at radius 2 is 2.00 bits per heavy atom. The maximum atomic E-state index is 11.0. The molecule has 20 heavy (non-hydrogen) atoms. The minimum absolute atomic E-state index is 0.258. The second kappa shape index (κ2) is 5.11. The number of aromatic nitrogens is 1. The van der Waals surface area contributed by atoms with E-state index in [-0.39, 0.29) is 4.88 Å². The molecule has 0 aliphatic heterocycles. The van der Waals surface area contributed by atoms with E-state index < -0.39 is 5.97 Å². The van der Waals surface area contributed by atoms with Gasteiger partial charge in [-0.3, -0.25) is 4.98 Å². The maximum absolute atomic E-state index is 11.0. The number of fused-ring (bicyclic) bond motifs is 1. The summed E-state index contributed by atoms with van der Waals surface area (Å²) < 4.78 is 6.49. The number of carboxylic acids is 1. The average molecular weight is 306 g/mol. The monoisotopic (exact) mass is 305 g/mol. The summed E-state index contributed by atoms with van der Waals surface area (Å²) in [6, 6.07) is 8.52. The Morgan fingerprint density at radius 1 is 1.25 bits per heavy atom. The standard InChI is InChI=1S/C14H8ClNO3S/c15-9-1-3-10(4-2-9)19-11-7-16-6-8-5-12(14(17)18)20-13(8)11/h1-7H,(H,17,18). The smallest absolute Gasteiger partial charge is 0.345 e. The number of aromatic carboxylic acids is 1. The van der Waals surface area contributed by atoms with Crippen LogP contribution in [0.5, 0.6) is 11.5 Å². The van der Waals surface area contributed by atoms with E-state index in [4.69, 9.17) is 21.4 Å². The first-order valence-electron chi connectivity index (χ1n) is 5.68. The van der Waals surface area contributed by atoms with E-state index in [0.29, 0.717) is 16.5 Å². The van der Waals surface area contributed by atoms with Crippen LogP contribution in [0, 0.1) is 0 Å².